The summed E-state index contributed by atoms with van der Waals surface area (Å²) < 4.78 is 23.4. The van der Waals surface area contributed by atoms with Gasteiger partial charge in [-0.3, -0.25) is 0 Å². The zero-order valence-corrected chi connectivity index (χ0v) is 15.0. The number of hydrogen-bond donors (Lipinski definition) is 0. The molecule has 20 heavy (non-hydrogen) atoms. The van der Waals surface area contributed by atoms with Crippen LogP contribution >= 0.6 is 23.5 Å². The number of rotatable bonds is 9. The first kappa shape index (κ1) is 18.6. The first-order chi connectivity index (χ1) is 9.49. The van der Waals surface area contributed by atoms with E-state index in [1.54, 1.807) is 14.2 Å². The molecule has 0 bridgehead atoms. The summed E-state index contributed by atoms with van der Waals surface area (Å²) >= 11 is 3.80. The molecule has 1 rings (SSSR count). The average molecular weight is 325 g/mol. The Hall–Kier alpha value is 0.540. The van der Waals surface area contributed by atoms with Crippen molar-refractivity contribution < 1.29 is 18.9 Å². The zero-order chi connectivity index (χ0) is 15.2. The molecule has 0 spiro atoms. The lowest BCUT2D eigenvalue weighted by Crippen LogP contribution is -2.44. The standard InChI is InChI=1S/C14H28O4S2/c1-7-19-13(20-8-2)12(16-6)11-10(9-15-5)17-14(3,4)18-11/h10-13H,7-9H2,1-6H3/t10-,11+,12-/m1/s1. The Labute approximate surface area is 131 Å². The Kier molecular flexibility index (Phi) is 8.23. The lowest BCUT2D eigenvalue weighted by Gasteiger charge is -2.31. The molecule has 1 aliphatic heterocycles. The van der Waals surface area contributed by atoms with E-state index in [-0.39, 0.29) is 18.3 Å². The van der Waals surface area contributed by atoms with Gasteiger partial charge in [-0.2, -0.15) is 0 Å². The quantitative estimate of drug-likeness (QED) is 0.607. The number of thioether (sulfide) groups is 2. The first-order valence-electron chi connectivity index (χ1n) is 7.09. The third-order valence-electron chi connectivity index (χ3n) is 3.08. The predicted octanol–water partition coefficient (Wildman–Crippen LogP) is 3.00. The van der Waals surface area contributed by atoms with Crippen LogP contribution in [0.25, 0.3) is 0 Å². The largest absolute Gasteiger partial charge is 0.382 e. The van der Waals surface area contributed by atoms with Gasteiger partial charge in [0, 0.05) is 14.2 Å². The van der Waals surface area contributed by atoms with E-state index in [9.17, 15) is 0 Å². The van der Waals surface area contributed by atoms with Gasteiger partial charge in [0.25, 0.3) is 0 Å². The lowest BCUT2D eigenvalue weighted by molar-refractivity contribution is -0.158. The van der Waals surface area contributed by atoms with Gasteiger partial charge in [-0.1, -0.05) is 13.8 Å². The molecule has 0 saturated carbocycles. The second-order valence-electron chi connectivity index (χ2n) is 5.07. The highest BCUT2D eigenvalue weighted by Gasteiger charge is 2.47. The van der Waals surface area contributed by atoms with Crippen molar-refractivity contribution in [2.75, 3.05) is 32.3 Å². The minimum atomic E-state index is -0.580. The van der Waals surface area contributed by atoms with Crippen molar-refractivity contribution in [3.05, 3.63) is 0 Å². The van der Waals surface area contributed by atoms with Crippen LogP contribution in [0.5, 0.6) is 0 Å². The molecular weight excluding hydrogens is 296 g/mol. The summed E-state index contributed by atoms with van der Waals surface area (Å²) in [6.07, 6.45) is -0.192. The molecule has 0 N–H and O–H groups in total. The van der Waals surface area contributed by atoms with Gasteiger partial charge in [-0.25, -0.2) is 0 Å². The maximum atomic E-state index is 6.09. The second-order valence-corrected chi connectivity index (χ2v) is 8.21. The smallest absolute Gasteiger partial charge is 0.164 e. The maximum Gasteiger partial charge on any atom is 0.164 e. The summed E-state index contributed by atoms with van der Waals surface area (Å²) in [6, 6.07) is 0. The molecule has 3 atom stereocenters. The minimum Gasteiger partial charge on any atom is -0.382 e. The predicted molar refractivity (Wildman–Crippen MR) is 86.6 cm³/mol. The summed E-state index contributed by atoms with van der Waals surface area (Å²) in [5.74, 6) is 1.54. The molecule has 120 valence electrons. The second kappa shape index (κ2) is 8.86. The Morgan fingerprint density at radius 3 is 2.15 bits per heavy atom. The molecule has 1 fully saturated rings. The van der Waals surface area contributed by atoms with Gasteiger partial charge in [0.2, 0.25) is 0 Å². The molecule has 0 aromatic rings. The van der Waals surface area contributed by atoms with Crippen molar-refractivity contribution in [1.29, 1.82) is 0 Å². The molecule has 1 saturated heterocycles. The number of methoxy groups -OCH3 is 2. The van der Waals surface area contributed by atoms with E-state index in [1.807, 2.05) is 37.4 Å². The number of ether oxygens (including phenoxy) is 4. The fraction of sp³-hybridized carbons (Fsp3) is 1.00. The van der Waals surface area contributed by atoms with Gasteiger partial charge in [0.1, 0.15) is 18.3 Å². The van der Waals surface area contributed by atoms with E-state index >= 15 is 0 Å². The van der Waals surface area contributed by atoms with E-state index in [2.05, 4.69) is 13.8 Å². The summed E-state index contributed by atoms with van der Waals surface area (Å²) in [5.41, 5.74) is 0. The van der Waals surface area contributed by atoms with Gasteiger partial charge < -0.3 is 18.9 Å². The molecule has 0 amide bonds. The lowest BCUT2D eigenvalue weighted by atomic mass is 10.1. The van der Waals surface area contributed by atoms with Crippen molar-refractivity contribution in [1.82, 2.24) is 0 Å². The van der Waals surface area contributed by atoms with Gasteiger partial charge in [0.05, 0.1) is 11.2 Å². The normalized spacial score (nSPS) is 27.1. The average Bonchev–Trinajstić information content (AvgIpc) is 2.67. The molecule has 6 heteroatoms. The first-order valence-corrected chi connectivity index (χ1v) is 9.19. The highest BCUT2D eigenvalue weighted by atomic mass is 32.2. The molecule has 0 radical (unpaired) electrons. The Morgan fingerprint density at radius 1 is 1.10 bits per heavy atom. The van der Waals surface area contributed by atoms with Crippen molar-refractivity contribution in [2.24, 2.45) is 0 Å². The van der Waals surface area contributed by atoms with Crippen LogP contribution in [0, 0.1) is 0 Å². The van der Waals surface area contributed by atoms with Crippen LogP contribution in [0.3, 0.4) is 0 Å². The summed E-state index contributed by atoms with van der Waals surface area (Å²) in [4.78, 5) is 0. The Bertz CT molecular complexity index is 270. The van der Waals surface area contributed by atoms with Crippen molar-refractivity contribution in [3.63, 3.8) is 0 Å². The molecule has 4 nitrogen and oxygen atoms in total. The van der Waals surface area contributed by atoms with Crippen LogP contribution < -0.4 is 0 Å². The van der Waals surface area contributed by atoms with E-state index in [4.69, 9.17) is 18.9 Å². The molecular formula is C14H28O4S2. The van der Waals surface area contributed by atoms with Crippen LogP contribution in [0.4, 0.5) is 0 Å². The molecule has 0 aliphatic carbocycles. The zero-order valence-electron chi connectivity index (χ0n) is 13.4. The minimum absolute atomic E-state index is 0.00757. The Balaban J connectivity index is 2.83. The van der Waals surface area contributed by atoms with Gasteiger partial charge >= 0.3 is 0 Å². The van der Waals surface area contributed by atoms with Crippen molar-refractivity contribution >= 4 is 23.5 Å². The van der Waals surface area contributed by atoms with Crippen molar-refractivity contribution in [3.8, 4) is 0 Å². The third-order valence-corrected chi connectivity index (χ3v) is 5.76. The molecule has 1 aliphatic rings. The van der Waals surface area contributed by atoms with E-state index in [1.165, 1.54) is 0 Å². The molecule has 0 aromatic heterocycles. The monoisotopic (exact) mass is 324 g/mol. The molecule has 0 aromatic carbocycles. The van der Waals surface area contributed by atoms with E-state index < -0.39 is 5.79 Å². The van der Waals surface area contributed by atoms with E-state index in [0.29, 0.717) is 11.2 Å². The Morgan fingerprint density at radius 2 is 1.70 bits per heavy atom. The van der Waals surface area contributed by atoms with Gasteiger partial charge in [-0.05, 0) is 25.4 Å². The third kappa shape index (κ3) is 5.07. The van der Waals surface area contributed by atoms with Crippen molar-refractivity contribution in [2.45, 2.75) is 56.4 Å². The van der Waals surface area contributed by atoms with Gasteiger partial charge in [-0.15, -0.1) is 23.5 Å². The highest BCUT2D eigenvalue weighted by molar-refractivity contribution is 8.17. The van der Waals surface area contributed by atoms with E-state index in [0.717, 1.165) is 11.5 Å². The topological polar surface area (TPSA) is 36.9 Å². The number of hydrogen-bond acceptors (Lipinski definition) is 6. The molecule has 0 unspecified atom stereocenters. The van der Waals surface area contributed by atoms with Crippen LogP contribution in [0.1, 0.15) is 27.7 Å². The van der Waals surface area contributed by atoms with Gasteiger partial charge in [0.15, 0.2) is 5.79 Å². The summed E-state index contributed by atoms with van der Waals surface area (Å²) in [7, 11) is 3.44. The van der Waals surface area contributed by atoms with Crippen LogP contribution in [-0.2, 0) is 18.9 Å². The van der Waals surface area contributed by atoms with Crippen LogP contribution in [0.15, 0.2) is 0 Å². The SMILES string of the molecule is CCSC(SCC)[C@H](OC)[C@H]1OC(C)(C)O[C@@H]1COC. The van der Waals surface area contributed by atoms with Crippen LogP contribution in [-0.4, -0.2) is 61.0 Å². The fourth-order valence-corrected chi connectivity index (χ4v) is 5.17. The summed E-state index contributed by atoms with van der Waals surface area (Å²) in [6.45, 7) is 8.75. The highest BCUT2D eigenvalue weighted by Crippen LogP contribution is 2.37. The van der Waals surface area contributed by atoms with Crippen LogP contribution in [0.2, 0.25) is 0 Å². The summed E-state index contributed by atoms with van der Waals surface area (Å²) in [5, 5.41) is 0. The fourth-order valence-electron chi connectivity index (χ4n) is 2.40. The maximum absolute atomic E-state index is 6.09. The molecule has 1 heterocycles.